The number of terminal acetylenes is 1. The third-order valence-corrected chi connectivity index (χ3v) is 1.90. The molecule has 1 N–H and O–H groups in total. The van der Waals surface area contributed by atoms with Crippen molar-refractivity contribution in [3.8, 4) is 12.3 Å². The second-order valence-electron chi connectivity index (χ2n) is 3.20. The fourth-order valence-corrected chi connectivity index (χ4v) is 1.18. The van der Waals surface area contributed by atoms with Crippen LogP contribution in [0.15, 0.2) is 22.8 Å². The smallest absolute Gasteiger partial charge is 0.117 e. The molecule has 1 rings (SSSR count). The lowest BCUT2D eigenvalue weighted by atomic mass is 10.4. The number of rotatable bonds is 6. The monoisotopic (exact) mass is 192 g/mol. The third kappa shape index (κ3) is 4.13. The zero-order valence-corrected chi connectivity index (χ0v) is 8.49. The van der Waals surface area contributed by atoms with Crippen LogP contribution in [0.4, 0.5) is 0 Å². The fourth-order valence-electron chi connectivity index (χ4n) is 1.18. The summed E-state index contributed by atoms with van der Waals surface area (Å²) in [6.07, 6.45) is 6.81. The highest BCUT2D eigenvalue weighted by Gasteiger charge is 2.00. The predicted octanol–water partition coefficient (Wildman–Crippen LogP) is 0.934. The predicted molar refractivity (Wildman–Crippen MR) is 56.7 cm³/mol. The Morgan fingerprint density at radius 1 is 1.64 bits per heavy atom. The van der Waals surface area contributed by atoms with Crippen molar-refractivity contribution in [1.82, 2.24) is 10.2 Å². The molecule has 3 heteroatoms. The van der Waals surface area contributed by atoms with E-state index in [0.29, 0.717) is 6.54 Å². The fraction of sp³-hybridized carbons (Fsp3) is 0.455. The van der Waals surface area contributed by atoms with Gasteiger partial charge in [0.15, 0.2) is 0 Å². The molecule has 0 saturated carbocycles. The lowest BCUT2D eigenvalue weighted by Gasteiger charge is -2.14. The second kappa shape index (κ2) is 6.25. The molecule has 3 nitrogen and oxygen atoms in total. The van der Waals surface area contributed by atoms with Gasteiger partial charge < -0.3 is 9.73 Å². The van der Waals surface area contributed by atoms with E-state index in [0.717, 1.165) is 25.4 Å². The lowest BCUT2D eigenvalue weighted by molar-refractivity contribution is 0.295. The van der Waals surface area contributed by atoms with Crippen LogP contribution in [0.5, 0.6) is 0 Å². The second-order valence-corrected chi connectivity index (χ2v) is 3.20. The first-order valence-electron chi connectivity index (χ1n) is 4.68. The van der Waals surface area contributed by atoms with Crippen LogP contribution in [0.25, 0.3) is 0 Å². The average molecular weight is 192 g/mol. The molecule has 14 heavy (non-hydrogen) atoms. The normalized spacial score (nSPS) is 10.4. The van der Waals surface area contributed by atoms with Gasteiger partial charge in [0.1, 0.15) is 5.76 Å². The summed E-state index contributed by atoms with van der Waals surface area (Å²) in [6, 6.07) is 3.88. The number of nitrogens with zero attached hydrogens (tertiary/aromatic N) is 1. The third-order valence-electron chi connectivity index (χ3n) is 1.90. The van der Waals surface area contributed by atoms with Crippen molar-refractivity contribution in [3.05, 3.63) is 24.2 Å². The van der Waals surface area contributed by atoms with Crippen LogP contribution in [0.3, 0.4) is 0 Å². The molecule has 0 aliphatic rings. The maximum absolute atomic E-state index is 5.24. The van der Waals surface area contributed by atoms with Crippen LogP contribution in [0.2, 0.25) is 0 Å². The van der Waals surface area contributed by atoms with Crippen LogP contribution in [-0.2, 0) is 6.54 Å². The van der Waals surface area contributed by atoms with Crippen molar-refractivity contribution in [2.75, 3.05) is 26.7 Å². The topological polar surface area (TPSA) is 28.4 Å². The highest BCUT2D eigenvalue weighted by molar-refractivity contribution is 4.97. The molecule has 0 aliphatic carbocycles. The molecule has 0 aliphatic heterocycles. The Kier molecular flexibility index (Phi) is 4.84. The Labute approximate surface area is 85.1 Å². The van der Waals surface area contributed by atoms with Gasteiger partial charge in [0.2, 0.25) is 0 Å². The Bertz CT molecular complexity index is 274. The van der Waals surface area contributed by atoms with Crippen LogP contribution in [0, 0.1) is 12.3 Å². The highest BCUT2D eigenvalue weighted by Crippen LogP contribution is 2.02. The summed E-state index contributed by atoms with van der Waals surface area (Å²) in [6.45, 7) is 3.34. The average Bonchev–Trinajstić information content (AvgIpc) is 2.65. The minimum atomic E-state index is 0.634. The minimum absolute atomic E-state index is 0.634. The molecular formula is C11H16N2O. The summed E-state index contributed by atoms with van der Waals surface area (Å²) in [4.78, 5) is 2.18. The van der Waals surface area contributed by atoms with E-state index in [-0.39, 0.29) is 0 Å². The molecule has 1 aromatic rings. The number of hydrogen-bond acceptors (Lipinski definition) is 3. The van der Waals surface area contributed by atoms with Crippen molar-refractivity contribution in [2.24, 2.45) is 0 Å². The van der Waals surface area contributed by atoms with Crippen molar-refractivity contribution >= 4 is 0 Å². The highest BCUT2D eigenvalue weighted by atomic mass is 16.3. The molecule has 1 heterocycles. The molecule has 1 aromatic heterocycles. The van der Waals surface area contributed by atoms with E-state index < -0.39 is 0 Å². The number of likely N-dealkylation sites (N-methyl/N-ethyl adjacent to an activating group) is 1. The summed E-state index contributed by atoms with van der Waals surface area (Å²) in [5, 5.41) is 3.14. The first kappa shape index (κ1) is 10.8. The molecule has 76 valence electrons. The Morgan fingerprint density at radius 2 is 2.50 bits per heavy atom. The van der Waals surface area contributed by atoms with E-state index in [1.54, 1.807) is 6.26 Å². The first-order valence-corrected chi connectivity index (χ1v) is 4.68. The van der Waals surface area contributed by atoms with Gasteiger partial charge in [0.05, 0.1) is 19.4 Å². The van der Waals surface area contributed by atoms with Gasteiger partial charge >= 0.3 is 0 Å². The number of furan rings is 1. The summed E-state index contributed by atoms with van der Waals surface area (Å²) < 4.78 is 5.24. The molecule has 0 amide bonds. The van der Waals surface area contributed by atoms with Gasteiger partial charge in [-0.3, -0.25) is 4.90 Å². The van der Waals surface area contributed by atoms with Crippen LogP contribution >= 0.6 is 0 Å². The van der Waals surface area contributed by atoms with Crippen LogP contribution in [0.1, 0.15) is 5.76 Å². The molecule has 0 atom stereocenters. The molecule has 0 radical (unpaired) electrons. The lowest BCUT2D eigenvalue weighted by Crippen LogP contribution is -2.28. The molecule has 0 aromatic carbocycles. The maximum atomic E-state index is 5.24. The van der Waals surface area contributed by atoms with Crippen molar-refractivity contribution in [3.63, 3.8) is 0 Å². The van der Waals surface area contributed by atoms with E-state index in [9.17, 15) is 0 Å². The molecule has 0 bridgehead atoms. The Hall–Kier alpha value is -1.24. The quantitative estimate of drug-likeness (QED) is 0.537. The van der Waals surface area contributed by atoms with Gasteiger partial charge in [-0.05, 0) is 19.2 Å². The zero-order valence-electron chi connectivity index (χ0n) is 8.49. The van der Waals surface area contributed by atoms with Crippen molar-refractivity contribution in [2.45, 2.75) is 6.54 Å². The summed E-state index contributed by atoms with van der Waals surface area (Å²) in [5.41, 5.74) is 0. The van der Waals surface area contributed by atoms with Gasteiger partial charge in [-0.2, -0.15) is 0 Å². The summed E-state index contributed by atoms with van der Waals surface area (Å²) >= 11 is 0. The van der Waals surface area contributed by atoms with E-state index in [1.807, 2.05) is 12.1 Å². The molecule has 0 fully saturated rings. The SMILES string of the molecule is C#CCNCCN(C)Cc1ccco1. The van der Waals surface area contributed by atoms with Crippen molar-refractivity contribution < 1.29 is 4.42 Å². The van der Waals surface area contributed by atoms with Gasteiger partial charge in [-0.15, -0.1) is 6.42 Å². The summed E-state index contributed by atoms with van der Waals surface area (Å²) in [7, 11) is 2.06. The van der Waals surface area contributed by atoms with E-state index in [2.05, 4.69) is 23.2 Å². The maximum Gasteiger partial charge on any atom is 0.117 e. The largest absolute Gasteiger partial charge is 0.468 e. The Balaban J connectivity index is 2.11. The van der Waals surface area contributed by atoms with Crippen LogP contribution in [-0.4, -0.2) is 31.6 Å². The van der Waals surface area contributed by atoms with E-state index in [1.165, 1.54) is 0 Å². The number of nitrogens with one attached hydrogen (secondary N) is 1. The van der Waals surface area contributed by atoms with Crippen molar-refractivity contribution in [1.29, 1.82) is 0 Å². The summed E-state index contributed by atoms with van der Waals surface area (Å²) in [5.74, 6) is 3.53. The van der Waals surface area contributed by atoms with Gasteiger partial charge in [-0.1, -0.05) is 5.92 Å². The molecule has 0 spiro atoms. The van der Waals surface area contributed by atoms with Crippen LogP contribution < -0.4 is 5.32 Å². The molecular weight excluding hydrogens is 176 g/mol. The van der Waals surface area contributed by atoms with Gasteiger partial charge in [0, 0.05) is 13.1 Å². The van der Waals surface area contributed by atoms with E-state index >= 15 is 0 Å². The van der Waals surface area contributed by atoms with Gasteiger partial charge in [-0.25, -0.2) is 0 Å². The minimum Gasteiger partial charge on any atom is -0.468 e. The Morgan fingerprint density at radius 3 is 3.14 bits per heavy atom. The molecule has 0 saturated heterocycles. The standard InChI is InChI=1S/C11H16N2O/c1-3-6-12-7-8-13(2)10-11-5-4-9-14-11/h1,4-5,9,12H,6-8,10H2,2H3. The van der Waals surface area contributed by atoms with E-state index in [4.69, 9.17) is 10.8 Å². The van der Waals surface area contributed by atoms with Gasteiger partial charge in [0.25, 0.3) is 0 Å². The zero-order chi connectivity index (χ0) is 10.2. The molecule has 0 unspecified atom stereocenters. The number of hydrogen-bond donors (Lipinski definition) is 1. The first-order chi connectivity index (χ1) is 6.83.